The summed E-state index contributed by atoms with van der Waals surface area (Å²) in [5.41, 5.74) is 1.88. The number of benzene rings is 1. The summed E-state index contributed by atoms with van der Waals surface area (Å²) >= 11 is 5.96. The fraction of sp³-hybridized carbons (Fsp3) is 0.167. The maximum atomic E-state index is 11.9. The second kappa shape index (κ2) is 5.29. The van der Waals surface area contributed by atoms with Gasteiger partial charge in [-0.1, -0.05) is 42.0 Å². The molecule has 3 heteroatoms. The van der Waals surface area contributed by atoms with E-state index in [1.807, 2.05) is 31.2 Å². The SMILES string of the molecule is C=C/C(C)=C(/Cl)[S@@](=O)c1ccc(C)cc1. The van der Waals surface area contributed by atoms with E-state index in [2.05, 4.69) is 6.58 Å². The molecule has 0 bridgehead atoms. The first kappa shape index (κ1) is 12.2. The van der Waals surface area contributed by atoms with E-state index in [-0.39, 0.29) is 0 Å². The third-order valence-corrected chi connectivity index (χ3v) is 4.08. The van der Waals surface area contributed by atoms with Crippen LogP contribution in [-0.2, 0) is 10.8 Å². The molecule has 0 aliphatic carbocycles. The zero-order valence-corrected chi connectivity index (χ0v) is 10.4. The first-order valence-electron chi connectivity index (χ1n) is 4.53. The van der Waals surface area contributed by atoms with Crippen molar-refractivity contribution in [2.75, 3.05) is 0 Å². The van der Waals surface area contributed by atoms with Crippen LogP contribution in [0.3, 0.4) is 0 Å². The van der Waals surface area contributed by atoms with Gasteiger partial charge in [0.15, 0.2) is 0 Å². The van der Waals surface area contributed by atoms with Crippen molar-refractivity contribution in [3.8, 4) is 0 Å². The molecule has 1 aromatic rings. The van der Waals surface area contributed by atoms with Crippen molar-refractivity contribution in [2.24, 2.45) is 0 Å². The average Bonchev–Trinajstić information content (AvgIpc) is 2.27. The van der Waals surface area contributed by atoms with E-state index < -0.39 is 10.8 Å². The zero-order chi connectivity index (χ0) is 11.4. The van der Waals surface area contributed by atoms with Gasteiger partial charge < -0.3 is 0 Å². The smallest absolute Gasteiger partial charge is 0.112 e. The van der Waals surface area contributed by atoms with Gasteiger partial charge in [0, 0.05) is 4.90 Å². The topological polar surface area (TPSA) is 17.1 Å². The molecule has 0 saturated heterocycles. The van der Waals surface area contributed by atoms with Crippen LogP contribution in [0.2, 0.25) is 0 Å². The molecule has 80 valence electrons. The summed E-state index contributed by atoms with van der Waals surface area (Å²) in [4.78, 5) is 0.715. The summed E-state index contributed by atoms with van der Waals surface area (Å²) in [6, 6.07) is 7.48. The van der Waals surface area contributed by atoms with Gasteiger partial charge in [0.1, 0.15) is 4.36 Å². The molecule has 0 N–H and O–H groups in total. The molecule has 0 aromatic heterocycles. The largest absolute Gasteiger partial charge is 0.248 e. The van der Waals surface area contributed by atoms with Gasteiger partial charge >= 0.3 is 0 Å². The average molecular weight is 241 g/mol. The second-order valence-electron chi connectivity index (χ2n) is 3.24. The van der Waals surface area contributed by atoms with E-state index in [9.17, 15) is 4.21 Å². The van der Waals surface area contributed by atoms with Crippen molar-refractivity contribution in [3.05, 3.63) is 52.4 Å². The van der Waals surface area contributed by atoms with Crippen molar-refractivity contribution in [1.29, 1.82) is 0 Å². The number of halogens is 1. The van der Waals surface area contributed by atoms with Gasteiger partial charge in [-0.25, -0.2) is 4.21 Å². The van der Waals surface area contributed by atoms with E-state index >= 15 is 0 Å². The van der Waals surface area contributed by atoms with Crippen molar-refractivity contribution in [2.45, 2.75) is 18.7 Å². The summed E-state index contributed by atoms with van der Waals surface area (Å²) in [6.07, 6.45) is 1.61. The van der Waals surface area contributed by atoms with Gasteiger partial charge in [-0.2, -0.15) is 0 Å². The monoisotopic (exact) mass is 240 g/mol. The molecule has 0 aliphatic heterocycles. The first-order valence-corrected chi connectivity index (χ1v) is 6.06. The molecular weight excluding hydrogens is 228 g/mol. The molecule has 0 spiro atoms. The van der Waals surface area contributed by atoms with Crippen LogP contribution in [0, 0.1) is 6.92 Å². The predicted octanol–water partition coefficient (Wildman–Crippen LogP) is 3.76. The first-order chi connectivity index (χ1) is 7.06. The maximum absolute atomic E-state index is 11.9. The fourth-order valence-electron chi connectivity index (χ4n) is 0.992. The molecular formula is C12H13ClOS. The number of hydrogen-bond donors (Lipinski definition) is 0. The van der Waals surface area contributed by atoms with Crippen LogP contribution in [-0.4, -0.2) is 4.21 Å². The standard InChI is InChI=1S/C12H13ClOS/c1-4-10(3)12(13)15(14)11-7-5-9(2)6-8-11/h4-8H,1H2,2-3H3/b12-10-/t15-/m0/s1. The molecule has 0 heterocycles. The summed E-state index contributed by atoms with van der Waals surface area (Å²) in [5, 5.41) is 0. The molecule has 0 fully saturated rings. The highest BCUT2D eigenvalue weighted by molar-refractivity contribution is 7.90. The molecule has 15 heavy (non-hydrogen) atoms. The van der Waals surface area contributed by atoms with E-state index in [4.69, 9.17) is 11.6 Å². The summed E-state index contributed by atoms with van der Waals surface area (Å²) < 4.78 is 12.3. The Labute approximate surface area is 97.9 Å². The summed E-state index contributed by atoms with van der Waals surface area (Å²) in [5.74, 6) is 0. The normalized spacial score (nSPS) is 14.3. The van der Waals surface area contributed by atoms with Crippen LogP contribution in [0.5, 0.6) is 0 Å². The number of allylic oxidation sites excluding steroid dienone is 2. The Bertz CT molecular complexity index is 418. The molecule has 0 unspecified atom stereocenters. The van der Waals surface area contributed by atoms with Gasteiger partial charge in [-0.15, -0.1) is 0 Å². The van der Waals surface area contributed by atoms with Crippen LogP contribution >= 0.6 is 11.6 Å². The highest BCUT2D eigenvalue weighted by atomic mass is 35.5. The predicted molar refractivity (Wildman–Crippen MR) is 66.3 cm³/mol. The van der Waals surface area contributed by atoms with E-state index in [0.717, 1.165) is 11.1 Å². The Morgan fingerprint density at radius 2 is 1.93 bits per heavy atom. The third-order valence-electron chi connectivity index (χ3n) is 2.01. The lowest BCUT2D eigenvalue weighted by atomic mass is 10.2. The van der Waals surface area contributed by atoms with Crippen molar-refractivity contribution >= 4 is 22.4 Å². The highest BCUT2D eigenvalue weighted by Gasteiger charge is 2.09. The Morgan fingerprint density at radius 3 is 2.40 bits per heavy atom. The van der Waals surface area contributed by atoms with E-state index in [0.29, 0.717) is 9.26 Å². The fourth-order valence-corrected chi connectivity index (χ4v) is 2.30. The molecule has 1 aromatic carbocycles. The Kier molecular flexibility index (Phi) is 4.30. The van der Waals surface area contributed by atoms with Gasteiger partial charge in [0.05, 0.1) is 10.8 Å². The number of hydrogen-bond acceptors (Lipinski definition) is 1. The van der Waals surface area contributed by atoms with Crippen LogP contribution in [0.1, 0.15) is 12.5 Å². The minimum absolute atomic E-state index is 0.342. The summed E-state index contributed by atoms with van der Waals surface area (Å²) in [7, 11) is -1.29. The van der Waals surface area contributed by atoms with Gasteiger partial charge in [0.2, 0.25) is 0 Å². The highest BCUT2D eigenvalue weighted by Crippen LogP contribution is 2.21. The molecule has 1 nitrogen and oxygen atoms in total. The molecule has 1 rings (SSSR count). The maximum Gasteiger partial charge on any atom is 0.112 e. The van der Waals surface area contributed by atoms with Crippen LogP contribution in [0.4, 0.5) is 0 Å². The van der Waals surface area contributed by atoms with Gasteiger partial charge in [0.25, 0.3) is 0 Å². The van der Waals surface area contributed by atoms with E-state index in [1.54, 1.807) is 13.0 Å². The molecule has 0 amide bonds. The summed E-state index contributed by atoms with van der Waals surface area (Å²) in [6.45, 7) is 7.37. The minimum Gasteiger partial charge on any atom is -0.248 e. The van der Waals surface area contributed by atoms with Crippen molar-refractivity contribution < 1.29 is 4.21 Å². The molecule has 0 aliphatic rings. The Balaban J connectivity index is 3.05. The second-order valence-corrected chi connectivity index (χ2v) is 5.26. The number of aryl methyl sites for hydroxylation is 1. The van der Waals surface area contributed by atoms with Crippen molar-refractivity contribution in [3.63, 3.8) is 0 Å². The number of rotatable bonds is 3. The van der Waals surface area contributed by atoms with Crippen LogP contribution in [0.25, 0.3) is 0 Å². The zero-order valence-electron chi connectivity index (χ0n) is 8.79. The van der Waals surface area contributed by atoms with Crippen LogP contribution in [0.15, 0.2) is 51.8 Å². The molecule has 0 radical (unpaired) electrons. The molecule has 0 saturated carbocycles. The Hall–Kier alpha value is -0.860. The Morgan fingerprint density at radius 1 is 1.40 bits per heavy atom. The van der Waals surface area contributed by atoms with Gasteiger partial charge in [-0.05, 0) is 31.6 Å². The lowest BCUT2D eigenvalue weighted by Crippen LogP contribution is -1.93. The van der Waals surface area contributed by atoms with E-state index in [1.165, 1.54) is 0 Å². The van der Waals surface area contributed by atoms with Gasteiger partial charge in [-0.3, -0.25) is 0 Å². The quantitative estimate of drug-likeness (QED) is 0.736. The minimum atomic E-state index is -1.29. The lowest BCUT2D eigenvalue weighted by Gasteiger charge is -2.03. The van der Waals surface area contributed by atoms with Crippen molar-refractivity contribution in [1.82, 2.24) is 0 Å². The lowest BCUT2D eigenvalue weighted by molar-refractivity contribution is 0.687. The van der Waals surface area contributed by atoms with Crippen LogP contribution < -0.4 is 0 Å². The third kappa shape index (κ3) is 3.05. The molecule has 1 atom stereocenters.